The molecule has 1 nitrogen and oxygen atoms in total. The summed E-state index contributed by atoms with van der Waals surface area (Å²) in [4.78, 5) is 0. The first-order valence-corrected chi connectivity index (χ1v) is 5.60. The van der Waals surface area contributed by atoms with Gasteiger partial charge in [-0.1, -0.05) is 25.1 Å². The molecule has 0 N–H and O–H groups in total. The quantitative estimate of drug-likeness (QED) is 0.564. The van der Waals surface area contributed by atoms with Crippen LogP contribution in [-0.2, 0) is 6.42 Å². The number of ether oxygens (including phenoxy) is 1. The zero-order valence-electron chi connectivity index (χ0n) is 9.59. The molecule has 0 aliphatic rings. The third kappa shape index (κ3) is 2.76. The van der Waals surface area contributed by atoms with Crippen LogP contribution in [0, 0.1) is 11.2 Å². The Bertz CT molecular complexity index is 378. The maximum absolute atomic E-state index is 13.9. The Morgan fingerprint density at radius 1 is 1.56 bits per heavy atom. The van der Waals surface area contributed by atoms with Gasteiger partial charge in [-0.15, -0.1) is 18.2 Å². The molecule has 0 spiro atoms. The second kappa shape index (κ2) is 5.35. The highest BCUT2D eigenvalue weighted by Gasteiger charge is 2.22. The second-order valence-electron chi connectivity index (χ2n) is 4.10. The minimum absolute atomic E-state index is 0.262. The summed E-state index contributed by atoms with van der Waals surface area (Å²) < 4.78 is 18.8. The average molecular weight is 243 g/mol. The van der Waals surface area contributed by atoms with Gasteiger partial charge in [-0.3, -0.25) is 0 Å². The minimum atomic E-state index is -0.316. The van der Waals surface area contributed by atoms with E-state index in [1.54, 1.807) is 24.3 Å². The van der Waals surface area contributed by atoms with Gasteiger partial charge < -0.3 is 4.74 Å². The first-order chi connectivity index (χ1) is 7.56. The summed E-state index contributed by atoms with van der Waals surface area (Å²) in [6, 6.07) is 5.12. The molecule has 16 heavy (non-hydrogen) atoms. The summed E-state index contributed by atoms with van der Waals surface area (Å²) in [6.07, 6.45) is 2.28. The highest BCUT2D eigenvalue weighted by atomic mass is 35.5. The minimum Gasteiger partial charge on any atom is -0.494 e. The SMILES string of the molecule is C=CC(C)(CCl)Cc1cccc(OC)c1F. The molecule has 1 rings (SSSR count). The van der Waals surface area contributed by atoms with Gasteiger partial charge in [-0.25, -0.2) is 4.39 Å². The molecule has 1 aromatic rings. The molecule has 0 aromatic heterocycles. The van der Waals surface area contributed by atoms with E-state index in [0.717, 1.165) is 0 Å². The molecule has 0 bridgehead atoms. The maximum Gasteiger partial charge on any atom is 0.168 e. The number of rotatable bonds is 5. The van der Waals surface area contributed by atoms with Gasteiger partial charge in [0.1, 0.15) is 0 Å². The predicted octanol–water partition coefficient (Wildman–Crippen LogP) is 3.81. The number of halogens is 2. The van der Waals surface area contributed by atoms with E-state index in [2.05, 4.69) is 6.58 Å². The molecule has 0 heterocycles. The maximum atomic E-state index is 13.9. The molecule has 0 aliphatic heterocycles. The average Bonchev–Trinajstić information content (AvgIpc) is 2.32. The second-order valence-corrected chi connectivity index (χ2v) is 4.37. The number of hydrogen-bond donors (Lipinski definition) is 0. The fourth-order valence-corrected chi connectivity index (χ4v) is 1.66. The fraction of sp³-hybridized carbons (Fsp3) is 0.385. The Hall–Kier alpha value is -1.02. The van der Waals surface area contributed by atoms with Crippen LogP contribution in [-0.4, -0.2) is 13.0 Å². The molecule has 1 atom stereocenters. The Morgan fingerprint density at radius 2 is 2.25 bits per heavy atom. The summed E-state index contributed by atoms with van der Waals surface area (Å²) in [5, 5.41) is 0. The number of allylic oxidation sites excluding steroid dienone is 1. The van der Waals surface area contributed by atoms with Gasteiger partial charge in [0.25, 0.3) is 0 Å². The van der Waals surface area contributed by atoms with E-state index in [9.17, 15) is 4.39 Å². The van der Waals surface area contributed by atoms with Crippen LogP contribution in [0.25, 0.3) is 0 Å². The molecule has 1 aromatic carbocycles. The van der Waals surface area contributed by atoms with Crippen molar-refractivity contribution in [3.63, 3.8) is 0 Å². The lowest BCUT2D eigenvalue weighted by Crippen LogP contribution is -2.19. The van der Waals surface area contributed by atoms with E-state index < -0.39 is 0 Å². The largest absolute Gasteiger partial charge is 0.494 e. The number of methoxy groups -OCH3 is 1. The number of hydrogen-bond acceptors (Lipinski definition) is 1. The van der Waals surface area contributed by atoms with Crippen LogP contribution in [0.2, 0.25) is 0 Å². The van der Waals surface area contributed by atoms with Crippen LogP contribution in [0.15, 0.2) is 30.9 Å². The molecule has 0 fully saturated rings. The highest BCUT2D eigenvalue weighted by molar-refractivity contribution is 6.18. The van der Waals surface area contributed by atoms with Crippen molar-refractivity contribution in [3.8, 4) is 5.75 Å². The standard InChI is InChI=1S/C13H16ClFO/c1-4-13(2,9-14)8-10-6-5-7-11(16-3)12(10)15/h4-7H,1,8-9H2,2-3H3. The molecule has 3 heteroatoms. The fourth-order valence-electron chi connectivity index (χ4n) is 1.46. The van der Waals surface area contributed by atoms with E-state index in [1.165, 1.54) is 7.11 Å². The third-order valence-corrected chi connectivity index (χ3v) is 3.27. The van der Waals surface area contributed by atoms with Crippen molar-refractivity contribution >= 4 is 11.6 Å². The van der Waals surface area contributed by atoms with Crippen molar-refractivity contribution in [1.29, 1.82) is 0 Å². The van der Waals surface area contributed by atoms with Crippen molar-refractivity contribution < 1.29 is 9.13 Å². The third-order valence-electron chi connectivity index (χ3n) is 2.66. The Morgan fingerprint density at radius 3 is 2.75 bits per heavy atom. The van der Waals surface area contributed by atoms with Crippen molar-refractivity contribution in [2.24, 2.45) is 5.41 Å². The van der Waals surface area contributed by atoms with E-state index in [4.69, 9.17) is 16.3 Å². The van der Waals surface area contributed by atoms with Crippen LogP contribution in [0.4, 0.5) is 4.39 Å². The predicted molar refractivity (Wildman–Crippen MR) is 65.7 cm³/mol. The number of benzene rings is 1. The van der Waals surface area contributed by atoms with Gasteiger partial charge in [0.2, 0.25) is 0 Å². The van der Waals surface area contributed by atoms with E-state index in [-0.39, 0.29) is 17.0 Å². The molecule has 0 amide bonds. The van der Waals surface area contributed by atoms with Gasteiger partial charge in [0.15, 0.2) is 11.6 Å². The Kier molecular flexibility index (Phi) is 4.36. The van der Waals surface area contributed by atoms with Crippen LogP contribution in [0.3, 0.4) is 0 Å². The first-order valence-electron chi connectivity index (χ1n) is 5.07. The van der Waals surface area contributed by atoms with E-state index >= 15 is 0 Å². The molecule has 0 saturated carbocycles. The topological polar surface area (TPSA) is 9.23 Å². The van der Waals surface area contributed by atoms with Gasteiger partial charge >= 0.3 is 0 Å². The van der Waals surface area contributed by atoms with Gasteiger partial charge in [-0.2, -0.15) is 0 Å². The molecule has 1 unspecified atom stereocenters. The van der Waals surface area contributed by atoms with Gasteiger partial charge in [-0.05, 0) is 18.1 Å². The molecular formula is C13H16ClFO. The molecule has 0 saturated heterocycles. The van der Waals surface area contributed by atoms with Crippen molar-refractivity contribution in [2.45, 2.75) is 13.3 Å². The van der Waals surface area contributed by atoms with Crippen molar-refractivity contribution in [1.82, 2.24) is 0 Å². The Balaban J connectivity index is 3.01. The highest BCUT2D eigenvalue weighted by Crippen LogP contribution is 2.29. The summed E-state index contributed by atoms with van der Waals surface area (Å²) in [6.45, 7) is 5.68. The van der Waals surface area contributed by atoms with E-state index in [0.29, 0.717) is 17.9 Å². The van der Waals surface area contributed by atoms with Crippen molar-refractivity contribution in [3.05, 3.63) is 42.2 Å². The lowest BCUT2D eigenvalue weighted by atomic mass is 9.85. The molecule has 0 radical (unpaired) electrons. The molecule has 88 valence electrons. The van der Waals surface area contributed by atoms with Crippen LogP contribution >= 0.6 is 11.6 Å². The molecule has 0 aliphatic carbocycles. The van der Waals surface area contributed by atoms with E-state index in [1.807, 2.05) is 6.92 Å². The summed E-state index contributed by atoms with van der Waals surface area (Å²) in [5.74, 6) is 0.356. The zero-order valence-corrected chi connectivity index (χ0v) is 10.4. The van der Waals surface area contributed by atoms with Gasteiger partial charge in [0, 0.05) is 11.3 Å². The van der Waals surface area contributed by atoms with Crippen LogP contribution in [0.5, 0.6) is 5.75 Å². The zero-order chi connectivity index (χ0) is 12.2. The summed E-state index contributed by atoms with van der Waals surface area (Å²) in [7, 11) is 1.45. The Labute approximate surface area is 101 Å². The lowest BCUT2D eigenvalue weighted by molar-refractivity contribution is 0.379. The van der Waals surface area contributed by atoms with Gasteiger partial charge in [0.05, 0.1) is 7.11 Å². The smallest absolute Gasteiger partial charge is 0.168 e. The van der Waals surface area contributed by atoms with Crippen molar-refractivity contribution in [2.75, 3.05) is 13.0 Å². The summed E-state index contributed by atoms with van der Waals surface area (Å²) >= 11 is 5.86. The lowest BCUT2D eigenvalue weighted by Gasteiger charge is -2.23. The van der Waals surface area contributed by atoms with Crippen LogP contribution in [0.1, 0.15) is 12.5 Å². The summed E-state index contributed by atoms with van der Waals surface area (Å²) in [5.41, 5.74) is 0.303. The van der Waals surface area contributed by atoms with Crippen LogP contribution < -0.4 is 4.74 Å². The normalized spacial score (nSPS) is 14.2. The monoisotopic (exact) mass is 242 g/mol. The molecular weight excluding hydrogens is 227 g/mol. The first kappa shape index (κ1) is 13.0. The number of alkyl halides is 1.